The van der Waals surface area contributed by atoms with E-state index in [2.05, 4.69) is 41.7 Å². The number of ether oxygens (including phenoxy) is 1. The summed E-state index contributed by atoms with van der Waals surface area (Å²) < 4.78 is 5.60. The summed E-state index contributed by atoms with van der Waals surface area (Å²) in [5, 5.41) is 13.0. The normalized spacial score (nSPS) is 14.7. The summed E-state index contributed by atoms with van der Waals surface area (Å²) in [6.45, 7) is 7.74. The summed E-state index contributed by atoms with van der Waals surface area (Å²) in [7, 11) is 0. The third-order valence-electron chi connectivity index (χ3n) is 6.43. The predicted molar refractivity (Wildman–Crippen MR) is 142 cm³/mol. The molecule has 4 heteroatoms. The second kappa shape index (κ2) is 11.0. The maximum absolute atomic E-state index is 12.3. The molecule has 0 atom stereocenters. The number of nitrogens with one attached hydrogen (secondary N) is 1. The lowest BCUT2D eigenvalue weighted by atomic mass is 9.85. The van der Waals surface area contributed by atoms with Crippen LogP contribution in [0.5, 0.6) is 5.75 Å². The van der Waals surface area contributed by atoms with Crippen molar-refractivity contribution in [3.8, 4) is 5.75 Å². The number of hydrogen-bond donors (Lipinski definition) is 2. The molecule has 1 aliphatic heterocycles. The van der Waals surface area contributed by atoms with E-state index in [0.717, 1.165) is 41.8 Å². The fourth-order valence-electron chi connectivity index (χ4n) is 4.22. The van der Waals surface area contributed by atoms with E-state index in [9.17, 15) is 9.90 Å². The van der Waals surface area contributed by atoms with Gasteiger partial charge in [-0.25, -0.2) is 0 Å². The molecule has 0 saturated carbocycles. The van der Waals surface area contributed by atoms with E-state index in [1.54, 1.807) is 0 Å². The number of rotatable bonds is 8. The highest BCUT2D eigenvalue weighted by Crippen LogP contribution is 2.36. The molecule has 2 N–H and O–H groups in total. The van der Waals surface area contributed by atoms with Gasteiger partial charge in [-0.3, -0.25) is 4.79 Å². The highest BCUT2D eigenvalue weighted by molar-refractivity contribution is 5.98. The fourth-order valence-corrected chi connectivity index (χ4v) is 4.22. The number of hydrogen-bond acceptors (Lipinski definition) is 4. The molecule has 0 bridgehead atoms. The molecule has 0 amide bonds. The molecule has 1 aliphatic rings. The second-order valence-corrected chi connectivity index (χ2v) is 10.2. The Hall–Kier alpha value is -3.21. The molecule has 1 fully saturated rings. The molecule has 4 nitrogen and oxygen atoms in total. The van der Waals surface area contributed by atoms with Crippen molar-refractivity contribution in [1.29, 1.82) is 0 Å². The molecular weight excluding hydrogens is 434 g/mol. The number of aliphatic hydroxyl groups excluding tert-OH is 1. The van der Waals surface area contributed by atoms with E-state index < -0.39 is 5.41 Å². The van der Waals surface area contributed by atoms with Gasteiger partial charge in [0.25, 0.3) is 0 Å². The second-order valence-electron chi connectivity index (χ2n) is 10.2. The lowest BCUT2D eigenvalue weighted by Crippen LogP contribution is -2.39. The first-order chi connectivity index (χ1) is 16.9. The van der Waals surface area contributed by atoms with Crippen LogP contribution in [0, 0.1) is 5.41 Å². The third-order valence-corrected chi connectivity index (χ3v) is 6.43. The van der Waals surface area contributed by atoms with Crippen LogP contribution >= 0.6 is 0 Å². The Kier molecular flexibility index (Phi) is 7.84. The molecule has 0 spiro atoms. The van der Waals surface area contributed by atoms with Gasteiger partial charge in [-0.15, -0.1) is 0 Å². The summed E-state index contributed by atoms with van der Waals surface area (Å²) in [5.74, 6) is 0.865. The van der Waals surface area contributed by atoms with Crippen LogP contribution < -0.4 is 10.1 Å². The van der Waals surface area contributed by atoms with Gasteiger partial charge in [-0.1, -0.05) is 66.7 Å². The molecule has 182 valence electrons. The first-order valence-corrected chi connectivity index (χ1v) is 12.4. The Labute approximate surface area is 208 Å². The molecule has 4 rings (SSSR count). The Bertz CT molecular complexity index is 1150. The number of esters is 1. The molecule has 1 heterocycles. The van der Waals surface area contributed by atoms with Crippen LogP contribution in [-0.4, -0.2) is 30.8 Å². The van der Waals surface area contributed by atoms with Gasteiger partial charge < -0.3 is 15.2 Å². The van der Waals surface area contributed by atoms with E-state index in [4.69, 9.17) is 4.74 Å². The Balaban J connectivity index is 1.77. The Morgan fingerprint density at radius 2 is 1.49 bits per heavy atom. The third kappa shape index (κ3) is 6.08. The van der Waals surface area contributed by atoms with Crippen LogP contribution in [0.2, 0.25) is 0 Å². The van der Waals surface area contributed by atoms with Crippen LogP contribution in [0.4, 0.5) is 0 Å². The van der Waals surface area contributed by atoms with Crippen molar-refractivity contribution in [2.45, 2.75) is 39.5 Å². The van der Waals surface area contributed by atoms with Crippen LogP contribution in [0.25, 0.3) is 11.1 Å². The van der Waals surface area contributed by atoms with Gasteiger partial charge in [-0.05, 0) is 79.1 Å². The van der Waals surface area contributed by atoms with Crippen molar-refractivity contribution in [3.05, 3.63) is 101 Å². The maximum atomic E-state index is 12.3. The van der Waals surface area contributed by atoms with Gasteiger partial charge in [0.2, 0.25) is 0 Å². The molecule has 3 aromatic carbocycles. The van der Waals surface area contributed by atoms with E-state index in [1.807, 2.05) is 63.2 Å². The first kappa shape index (κ1) is 24.9. The van der Waals surface area contributed by atoms with Crippen LogP contribution in [0.1, 0.15) is 61.8 Å². The van der Waals surface area contributed by atoms with Crippen molar-refractivity contribution in [1.82, 2.24) is 5.32 Å². The summed E-state index contributed by atoms with van der Waals surface area (Å²) in [6, 6.07) is 27.0. The van der Waals surface area contributed by atoms with Crippen molar-refractivity contribution in [2.75, 3.05) is 19.7 Å². The number of carbonyl (C=O) groups is 1. The standard InChI is InChI=1S/C31H35NO3/c1-31(2,3)30(34)35-27-17-15-25(16-18-27)29(24-13-11-22(12-14-24)26-20-32-21-26)28(10-7-19-33)23-8-5-4-6-9-23/h4-6,8-9,11-18,26,32-33H,7,10,19-21H2,1-3H3/b29-28+. The number of allylic oxidation sites excluding steroid dienone is 1. The monoisotopic (exact) mass is 469 g/mol. The van der Waals surface area contributed by atoms with Crippen molar-refractivity contribution in [2.24, 2.45) is 5.41 Å². The zero-order valence-corrected chi connectivity index (χ0v) is 20.9. The zero-order valence-electron chi connectivity index (χ0n) is 20.9. The van der Waals surface area contributed by atoms with Crippen LogP contribution in [0.15, 0.2) is 78.9 Å². The molecule has 0 aromatic heterocycles. The topological polar surface area (TPSA) is 58.6 Å². The zero-order chi connectivity index (χ0) is 24.8. The molecule has 1 saturated heterocycles. The smallest absolute Gasteiger partial charge is 0.316 e. The molecule has 0 radical (unpaired) electrons. The van der Waals surface area contributed by atoms with Gasteiger partial charge in [0, 0.05) is 25.6 Å². The van der Waals surface area contributed by atoms with Crippen molar-refractivity contribution < 1.29 is 14.6 Å². The van der Waals surface area contributed by atoms with Gasteiger partial charge >= 0.3 is 5.97 Å². The van der Waals surface area contributed by atoms with Crippen LogP contribution in [-0.2, 0) is 4.79 Å². The Morgan fingerprint density at radius 3 is 2.00 bits per heavy atom. The summed E-state index contributed by atoms with van der Waals surface area (Å²) in [5.41, 5.74) is 6.45. The summed E-state index contributed by atoms with van der Waals surface area (Å²) in [6.07, 6.45) is 1.44. The van der Waals surface area contributed by atoms with E-state index in [1.165, 1.54) is 11.1 Å². The van der Waals surface area contributed by atoms with Gasteiger partial charge in [0.1, 0.15) is 5.75 Å². The largest absolute Gasteiger partial charge is 0.426 e. The fraction of sp³-hybridized carbons (Fsp3) is 0.323. The van der Waals surface area contributed by atoms with Gasteiger partial charge in [-0.2, -0.15) is 0 Å². The molecule has 0 unspecified atom stereocenters. The van der Waals surface area contributed by atoms with Crippen LogP contribution in [0.3, 0.4) is 0 Å². The maximum Gasteiger partial charge on any atom is 0.316 e. The Morgan fingerprint density at radius 1 is 0.886 bits per heavy atom. The van der Waals surface area contributed by atoms with E-state index in [-0.39, 0.29) is 12.6 Å². The predicted octanol–water partition coefficient (Wildman–Crippen LogP) is 6.06. The molecule has 0 aliphatic carbocycles. The average molecular weight is 470 g/mol. The summed E-state index contributed by atoms with van der Waals surface area (Å²) >= 11 is 0. The lowest BCUT2D eigenvalue weighted by molar-refractivity contribution is -0.142. The quantitative estimate of drug-likeness (QED) is 0.239. The number of carbonyl (C=O) groups excluding carboxylic acids is 1. The average Bonchev–Trinajstić information content (AvgIpc) is 2.82. The molecular formula is C31H35NO3. The lowest BCUT2D eigenvalue weighted by Gasteiger charge is -2.27. The summed E-state index contributed by atoms with van der Waals surface area (Å²) in [4.78, 5) is 12.3. The molecule has 35 heavy (non-hydrogen) atoms. The van der Waals surface area contributed by atoms with Gasteiger partial charge in [0.05, 0.1) is 5.41 Å². The van der Waals surface area contributed by atoms with Gasteiger partial charge in [0.15, 0.2) is 0 Å². The minimum Gasteiger partial charge on any atom is -0.426 e. The highest BCUT2D eigenvalue weighted by Gasteiger charge is 2.24. The highest BCUT2D eigenvalue weighted by atomic mass is 16.5. The van der Waals surface area contributed by atoms with Crippen molar-refractivity contribution in [3.63, 3.8) is 0 Å². The number of aliphatic hydroxyl groups is 1. The minimum absolute atomic E-state index is 0.138. The number of benzene rings is 3. The van der Waals surface area contributed by atoms with E-state index >= 15 is 0 Å². The SMILES string of the molecule is CC(C)(C)C(=O)Oc1ccc(/C(=C(\CCCO)c2ccccc2)c2ccc(C3CNC3)cc2)cc1. The minimum atomic E-state index is -0.563. The molecule has 3 aromatic rings. The first-order valence-electron chi connectivity index (χ1n) is 12.4. The van der Waals surface area contributed by atoms with Crippen molar-refractivity contribution >= 4 is 17.1 Å². The van der Waals surface area contributed by atoms with E-state index in [0.29, 0.717) is 18.1 Å².